The fourth-order valence-electron chi connectivity index (χ4n) is 3.59. The standard InChI is InChI=1S/C23H22N8O/c1-13(2)31-12-26-19-22(25-11-18-27-16-5-3-4-6-17(16)28-18)29-21(30-23(19)31)15-9-7-14(8-10-15)20(24)32/h3-10,12-13H,11H2,1-2H3,(H2,24,32)(H,27,28)(H,25,29,30). The highest BCUT2D eigenvalue weighted by Crippen LogP contribution is 2.26. The fraction of sp³-hybridized carbons (Fsp3) is 0.174. The van der Waals surface area contributed by atoms with Crippen LogP contribution in [0.2, 0.25) is 0 Å². The molecule has 0 bridgehead atoms. The molecule has 0 fully saturated rings. The van der Waals surface area contributed by atoms with Gasteiger partial charge in [0.25, 0.3) is 0 Å². The van der Waals surface area contributed by atoms with Gasteiger partial charge in [-0.2, -0.15) is 0 Å². The third-order valence-corrected chi connectivity index (χ3v) is 5.27. The lowest BCUT2D eigenvalue weighted by atomic mass is 10.1. The number of para-hydroxylation sites is 2. The molecule has 9 nitrogen and oxygen atoms in total. The fourth-order valence-corrected chi connectivity index (χ4v) is 3.59. The van der Waals surface area contributed by atoms with Crippen LogP contribution in [-0.2, 0) is 6.54 Å². The topological polar surface area (TPSA) is 127 Å². The molecule has 0 aliphatic carbocycles. The van der Waals surface area contributed by atoms with Crippen molar-refractivity contribution in [2.75, 3.05) is 5.32 Å². The first kappa shape index (κ1) is 19.7. The van der Waals surface area contributed by atoms with Crippen LogP contribution in [0, 0.1) is 0 Å². The van der Waals surface area contributed by atoms with E-state index in [4.69, 9.17) is 15.7 Å². The number of hydrogen-bond donors (Lipinski definition) is 3. The van der Waals surface area contributed by atoms with Crippen molar-refractivity contribution in [1.82, 2.24) is 29.5 Å². The maximum absolute atomic E-state index is 11.4. The average Bonchev–Trinajstić information content (AvgIpc) is 3.41. The maximum Gasteiger partial charge on any atom is 0.248 e. The van der Waals surface area contributed by atoms with E-state index in [1.54, 1.807) is 30.6 Å². The van der Waals surface area contributed by atoms with Gasteiger partial charge in [0.15, 0.2) is 17.3 Å². The number of nitrogens with zero attached hydrogens (tertiary/aromatic N) is 5. The molecule has 3 aromatic heterocycles. The van der Waals surface area contributed by atoms with Crippen LogP contribution >= 0.6 is 0 Å². The number of fused-ring (bicyclic) bond motifs is 2. The van der Waals surface area contributed by atoms with Gasteiger partial charge in [-0.25, -0.2) is 19.9 Å². The molecule has 4 N–H and O–H groups in total. The molecular formula is C23H22N8O. The zero-order valence-electron chi connectivity index (χ0n) is 17.7. The van der Waals surface area contributed by atoms with Gasteiger partial charge < -0.3 is 20.6 Å². The smallest absolute Gasteiger partial charge is 0.248 e. The second kappa shape index (κ2) is 7.77. The number of aromatic nitrogens is 6. The molecule has 32 heavy (non-hydrogen) atoms. The third-order valence-electron chi connectivity index (χ3n) is 5.27. The van der Waals surface area contributed by atoms with E-state index < -0.39 is 5.91 Å². The van der Waals surface area contributed by atoms with Crippen molar-refractivity contribution in [2.45, 2.75) is 26.4 Å². The van der Waals surface area contributed by atoms with Crippen molar-refractivity contribution < 1.29 is 4.79 Å². The Morgan fingerprint density at radius 3 is 2.59 bits per heavy atom. The van der Waals surface area contributed by atoms with E-state index in [1.165, 1.54) is 0 Å². The van der Waals surface area contributed by atoms with Gasteiger partial charge in [-0.3, -0.25) is 4.79 Å². The second-order valence-corrected chi connectivity index (χ2v) is 7.81. The summed E-state index contributed by atoms with van der Waals surface area (Å²) in [5, 5.41) is 3.36. The lowest BCUT2D eigenvalue weighted by Gasteiger charge is -2.11. The molecule has 5 rings (SSSR count). The Kier molecular flexibility index (Phi) is 4.78. The minimum atomic E-state index is -0.473. The van der Waals surface area contributed by atoms with E-state index in [1.807, 2.05) is 28.8 Å². The van der Waals surface area contributed by atoms with Crippen LogP contribution in [0.3, 0.4) is 0 Å². The molecule has 0 spiro atoms. The summed E-state index contributed by atoms with van der Waals surface area (Å²) in [6.45, 7) is 4.60. The van der Waals surface area contributed by atoms with Crippen molar-refractivity contribution in [3.8, 4) is 11.4 Å². The Morgan fingerprint density at radius 2 is 1.88 bits per heavy atom. The first-order chi connectivity index (χ1) is 15.5. The highest BCUT2D eigenvalue weighted by atomic mass is 16.1. The largest absolute Gasteiger partial charge is 0.366 e. The number of benzene rings is 2. The molecular weight excluding hydrogens is 404 g/mol. The molecule has 0 unspecified atom stereocenters. The lowest BCUT2D eigenvalue weighted by Crippen LogP contribution is -2.10. The van der Waals surface area contributed by atoms with E-state index in [2.05, 4.69) is 34.1 Å². The van der Waals surface area contributed by atoms with Gasteiger partial charge in [0, 0.05) is 17.2 Å². The monoisotopic (exact) mass is 426 g/mol. The Morgan fingerprint density at radius 1 is 1.09 bits per heavy atom. The Bertz CT molecular complexity index is 1400. The molecule has 160 valence electrons. The van der Waals surface area contributed by atoms with Gasteiger partial charge in [-0.15, -0.1) is 0 Å². The Labute approximate surface area is 183 Å². The number of aromatic amines is 1. The van der Waals surface area contributed by atoms with Crippen LogP contribution in [0.1, 0.15) is 36.1 Å². The molecule has 3 heterocycles. The molecule has 0 aliphatic heterocycles. The van der Waals surface area contributed by atoms with E-state index in [9.17, 15) is 4.79 Å². The van der Waals surface area contributed by atoms with Gasteiger partial charge >= 0.3 is 0 Å². The average molecular weight is 426 g/mol. The van der Waals surface area contributed by atoms with Crippen LogP contribution in [0.5, 0.6) is 0 Å². The minimum absolute atomic E-state index is 0.184. The van der Waals surface area contributed by atoms with Crippen molar-refractivity contribution in [1.29, 1.82) is 0 Å². The molecule has 0 atom stereocenters. The molecule has 1 amide bonds. The van der Waals surface area contributed by atoms with Gasteiger partial charge in [0.05, 0.1) is 23.9 Å². The van der Waals surface area contributed by atoms with Gasteiger partial charge in [0.1, 0.15) is 11.3 Å². The lowest BCUT2D eigenvalue weighted by molar-refractivity contribution is 0.100. The number of hydrogen-bond acceptors (Lipinski definition) is 6. The predicted octanol–water partition coefficient (Wildman–Crippen LogP) is 3.66. The number of carbonyl (C=O) groups is 1. The molecule has 5 aromatic rings. The van der Waals surface area contributed by atoms with E-state index >= 15 is 0 Å². The van der Waals surface area contributed by atoms with Crippen molar-refractivity contribution in [2.24, 2.45) is 5.73 Å². The molecule has 0 saturated carbocycles. The van der Waals surface area contributed by atoms with Gasteiger partial charge in [-0.1, -0.05) is 24.3 Å². The molecule has 9 heteroatoms. The summed E-state index contributed by atoms with van der Waals surface area (Å²) >= 11 is 0. The van der Waals surface area contributed by atoms with Crippen molar-refractivity contribution in [3.63, 3.8) is 0 Å². The normalized spacial score (nSPS) is 11.5. The summed E-state index contributed by atoms with van der Waals surface area (Å²) in [5.74, 6) is 1.47. The highest BCUT2D eigenvalue weighted by Gasteiger charge is 2.16. The summed E-state index contributed by atoms with van der Waals surface area (Å²) in [5.41, 5.74) is 9.89. The summed E-state index contributed by atoms with van der Waals surface area (Å²) < 4.78 is 2.00. The third kappa shape index (κ3) is 3.53. The molecule has 0 radical (unpaired) electrons. The summed E-state index contributed by atoms with van der Waals surface area (Å²) in [6, 6.07) is 15.0. The van der Waals surface area contributed by atoms with Crippen LogP contribution in [-0.4, -0.2) is 35.4 Å². The zero-order chi connectivity index (χ0) is 22.2. The van der Waals surface area contributed by atoms with Crippen LogP contribution in [0.15, 0.2) is 54.9 Å². The summed E-state index contributed by atoms with van der Waals surface area (Å²) in [7, 11) is 0. The number of primary amides is 1. The number of anilines is 1. The molecule has 2 aromatic carbocycles. The molecule has 0 saturated heterocycles. The summed E-state index contributed by atoms with van der Waals surface area (Å²) in [6.07, 6.45) is 1.77. The van der Waals surface area contributed by atoms with Gasteiger partial charge in [0.2, 0.25) is 5.91 Å². The first-order valence-corrected chi connectivity index (χ1v) is 10.3. The van der Waals surface area contributed by atoms with Crippen LogP contribution in [0.4, 0.5) is 5.82 Å². The van der Waals surface area contributed by atoms with E-state index in [0.717, 1.165) is 28.1 Å². The number of nitrogens with two attached hydrogens (primary N) is 1. The number of amides is 1. The molecule has 0 aliphatic rings. The highest BCUT2D eigenvalue weighted by molar-refractivity contribution is 5.93. The minimum Gasteiger partial charge on any atom is -0.366 e. The first-order valence-electron chi connectivity index (χ1n) is 10.3. The number of H-pyrrole nitrogens is 1. The van der Waals surface area contributed by atoms with Crippen molar-refractivity contribution >= 4 is 33.9 Å². The zero-order valence-corrected chi connectivity index (χ0v) is 17.7. The van der Waals surface area contributed by atoms with Crippen LogP contribution < -0.4 is 11.1 Å². The SMILES string of the molecule is CC(C)n1cnc2c(NCc3nc4ccccc4[nH]3)nc(-c3ccc(C(N)=O)cc3)nc21. The predicted molar refractivity (Wildman–Crippen MR) is 123 cm³/mol. The second-order valence-electron chi connectivity index (χ2n) is 7.81. The van der Waals surface area contributed by atoms with E-state index in [-0.39, 0.29) is 6.04 Å². The van der Waals surface area contributed by atoms with Crippen LogP contribution in [0.25, 0.3) is 33.6 Å². The van der Waals surface area contributed by atoms with E-state index in [0.29, 0.717) is 29.3 Å². The van der Waals surface area contributed by atoms with Crippen molar-refractivity contribution in [3.05, 3.63) is 66.2 Å². The number of rotatable bonds is 6. The number of nitrogens with one attached hydrogen (secondary N) is 2. The Balaban J connectivity index is 1.54. The number of carbonyl (C=O) groups excluding carboxylic acids is 1. The Hall–Kier alpha value is -4.27. The number of imidazole rings is 2. The maximum atomic E-state index is 11.4. The van der Waals surface area contributed by atoms with Gasteiger partial charge in [-0.05, 0) is 38.1 Å². The summed E-state index contributed by atoms with van der Waals surface area (Å²) in [4.78, 5) is 33.4. The quantitative estimate of drug-likeness (QED) is 0.380.